The van der Waals surface area contributed by atoms with Crippen LogP contribution in [-0.2, 0) is 0 Å². The van der Waals surface area contributed by atoms with Crippen LogP contribution in [-0.4, -0.2) is 19.6 Å². The second kappa shape index (κ2) is 6.94. The first kappa shape index (κ1) is 13.6. The number of methoxy groups -OCH3 is 1. The van der Waals surface area contributed by atoms with Crippen LogP contribution < -0.4 is 10.1 Å². The first-order valence-corrected chi connectivity index (χ1v) is 6.13. The van der Waals surface area contributed by atoms with Crippen molar-refractivity contribution in [1.82, 2.24) is 5.32 Å². The van der Waals surface area contributed by atoms with E-state index in [1.807, 2.05) is 0 Å². The van der Waals surface area contributed by atoms with E-state index in [4.69, 9.17) is 4.74 Å². The number of ether oxygens (including phenoxy) is 1. The summed E-state index contributed by atoms with van der Waals surface area (Å²) < 4.78 is 5.05. The Bertz CT molecular complexity index is 342. The maximum absolute atomic E-state index is 11.8. The van der Waals surface area contributed by atoms with Crippen molar-refractivity contribution in [1.29, 1.82) is 0 Å². The maximum atomic E-state index is 11.8. The molecule has 0 aliphatic carbocycles. The van der Waals surface area contributed by atoms with Gasteiger partial charge in [-0.15, -0.1) is 0 Å². The summed E-state index contributed by atoms with van der Waals surface area (Å²) in [5.74, 6) is 1.32. The molecule has 94 valence electrons. The minimum Gasteiger partial charge on any atom is -0.497 e. The number of carbonyl (C=O) groups excluding carboxylic acids is 1. The van der Waals surface area contributed by atoms with E-state index in [0.717, 1.165) is 25.1 Å². The number of rotatable bonds is 6. The van der Waals surface area contributed by atoms with Gasteiger partial charge >= 0.3 is 0 Å². The summed E-state index contributed by atoms with van der Waals surface area (Å²) >= 11 is 0. The Labute approximate surface area is 103 Å². The SMILES string of the molecule is CCC(CC)CNC(=O)c1ccc(OC)cc1. The smallest absolute Gasteiger partial charge is 0.251 e. The summed E-state index contributed by atoms with van der Waals surface area (Å²) in [6.45, 7) is 5.04. The number of hydrogen-bond acceptors (Lipinski definition) is 2. The second-order valence-electron chi connectivity index (χ2n) is 4.12. The summed E-state index contributed by atoms with van der Waals surface area (Å²) in [6, 6.07) is 7.15. The second-order valence-corrected chi connectivity index (χ2v) is 4.12. The third kappa shape index (κ3) is 4.10. The number of amides is 1. The van der Waals surface area contributed by atoms with Crippen molar-refractivity contribution in [3.05, 3.63) is 29.8 Å². The quantitative estimate of drug-likeness (QED) is 0.823. The zero-order valence-corrected chi connectivity index (χ0v) is 10.8. The molecule has 0 atom stereocenters. The number of hydrogen-bond donors (Lipinski definition) is 1. The van der Waals surface area contributed by atoms with E-state index in [-0.39, 0.29) is 5.91 Å². The molecular formula is C14H21NO2. The lowest BCUT2D eigenvalue weighted by Gasteiger charge is -2.13. The van der Waals surface area contributed by atoms with Gasteiger partial charge in [-0.2, -0.15) is 0 Å². The molecule has 17 heavy (non-hydrogen) atoms. The van der Waals surface area contributed by atoms with Gasteiger partial charge in [-0.05, 0) is 30.2 Å². The Morgan fingerprint density at radius 1 is 1.24 bits per heavy atom. The van der Waals surface area contributed by atoms with Gasteiger partial charge in [-0.3, -0.25) is 4.79 Å². The fourth-order valence-electron chi connectivity index (χ4n) is 1.66. The Morgan fingerprint density at radius 2 is 1.82 bits per heavy atom. The van der Waals surface area contributed by atoms with Gasteiger partial charge in [0.15, 0.2) is 0 Å². The summed E-state index contributed by atoms with van der Waals surface area (Å²) in [4.78, 5) is 11.8. The summed E-state index contributed by atoms with van der Waals surface area (Å²) in [5, 5.41) is 2.96. The number of nitrogens with one attached hydrogen (secondary N) is 1. The maximum Gasteiger partial charge on any atom is 0.251 e. The van der Waals surface area contributed by atoms with Crippen LogP contribution in [0.15, 0.2) is 24.3 Å². The molecule has 0 unspecified atom stereocenters. The van der Waals surface area contributed by atoms with Crippen LogP contribution in [0.4, 0.5) is 0 Å². The monoisotopic (exact) mass is 235 g/mol. The summed E-state index contributed by atoms with van der Waals surface area (Å²) in [5.41, 5.74) is 0.678. The van der Waals surface area contributed by atoms with E-state index in [2.05, 4.69) is 19.2 Å². The third-order valence-electron chi connectivity index (χ3n) is 3.06. The van der Waals surface area contributed by atoms with Gasteiger partial charge in [0.25, 0.3) is 5.91 Å². The highest BCUT2D eigenvalue weighted by atomic mass is 16.5. The molecule has 1 aromatic carbocycles. The molecule has 0 fully saturated rings. The van der Waals surface area contributed by atoms with Crippen LogP contribution in [0, 0.1) is 5.92 Å². The number of carbonyl (C=O) groups is 1. The van der Waals surface area contributed by atoms with Crippen molar-refractivity contribution < 1.29 is 9.53 Å². The molecule has 0 aliphatic rings. The Kier molecular flexibility index (Phi) is 5.53. The van der Waals surface area contributed by atoms with E-state index >= 15 is 0 Å². The van der Waals surface area contributed by atoms with Gasteiger partial charge in [-0.1, -0.05) is 26.7 Å². The first-order chi connectivity index (χ1) is 8.21. The van der Waals surface area contributed by atoms with Gasteiger partial charge < -0.3 is 10.1 Å². The normalized spacial score (nSPS) is 10.4. The minimum atomic E-state index is -0.0143. The van der Waals surface area contributed by atoms with Gasteiger partial charge in [-0.25, -0.2) is 0 Å². The topological polar surface area (TPSA) is 38.3 Å². The molecule has 1 amide bonds. The van der Waals surface area contributed by atoms with Gasteiger partial charge in [0.2, 0.25) is 0 Å². The molecule has 0 saturated heterocycles. The molecule has 0 aliphatic heterocycles. The standard InChI is InChI=1S/C14H21NO2/c1-4-11(5-2)10-15-14(16)12-6-8-13(17-3)9-7-12/h6-9,11H,4-5,10H2,1-3H3,(H,15,16). The van der Waals surface area contributed by atoms with Gasteiger partial charge in [0.1, 0.15) is 5.75 Å². The van der Waals surface area contributed by atoms with Crippen LogP contribution in [0.25, 0.3) is 0 Å². The lowest BCUT2D eigenvalue weighted by molar-refractivity contribution is 0.0946. The van der Waals surface area contributed by atoms with E-state index < -0.39 is 0 Å². The zero-order chi connectivity index (χ0) is 12.7. The molecule has 0 spiro atoms. The van der Waals surface area contributed by atoms with Crippen molar-refractivity contribution in [2.24, 2.45) is 5.92 Å². The minimum absolute atomic E-state index is 0.0143. The Morgan fingerprint density at radius 3 is 2.29 bits per heavy atom. The van der Waals surface area contributed by atoms with Crippen molar-refractivity contribution in [3.8, 4) is 5.75 Å². The van der Waals surface area contributed by atoms with Gasteiger partial charge in [0.05, 0.1) is 7.11 Å². The van der Waals surface area contributed by atoms with Gasteiger partial charge in [0, 0.05) is 12.1 Å². The van der Waals surface area contributed by atoms with Crippen LogP contribution >= 0.6 is 0 Å². The van der Waals surface area contributed by atoms with E-state index in [1.165, 1.54) is 0 Å². The fourth-order valence-corrected chi connectivity index (χ4v) is 1.66. The van der Waals surface area contributed by atoms with Crippen molar-refractivity contribution >= 4 is 5.91 Å². The average Bonchev–Trinajstić information content (AvgIpc) is 2.39. The molecule has 3 nitrogen and oxygen atoms in total. The largest absolute Gasteiger partial charge is 0.497 e. The third-order valence-corrected chi connectivity index (χ3v) is 3.06. The fraction of sp³-hybridized carbons (Fsp3) is 0.500. The highest BCUT2D eigenvalue weighted by Crippen LogP contribution is 2.11. The van der Waals surface area contributed by atoms with E-state index in [1.54, 1.807) is 31.4 Å². The highest BCUT2D eigenvalue weighted by molar-refractivity contribution is 5.94. The molecular weight excluding hydrogens is 214 g/mol. The molecule has 1 rings (SSSR count). The molecule has 0 bridgehead atoms. The Hall–Kier alpha value is -1.51. The first-order valence-electron chi connectivity index (χ1n) is 6.13. The number of benzene rings is 1. The average molecular weight is 235 g/mol. The molecule has 0 saturated carbocycles. The molecule has 0 heterocycles. The summed E-state index contributed by atoms with van der Waals surface area (Å²) in [7, 11) is 1.61. The lowest BCUT2D eigenvalue weighted by atomic mass is 10.0. The van der Waals surface area contributed by atoms with E-state index in [0.29, 0.717) is 11.5 Å². The van der Waals surface area contributed by atoms with Crippen molar-refractivity contribution in [2.75, 3.05) is 13.7 Å². The van der Waals surface area contributed by atoms with E-state index in [9.17, 15) is 4.79 Å². The highest BCUT2D eigenvalue weighted by Gasteiger charge is 2.08. The predicted molar refractivity (Wildman–Crippen MR) is 69.4 cm³/mol. The molecule has 1 aromatic rings. The lowest BCUT2D eigenvalue weighted by Crippen LogP contribution is -2.28. The molecule has 0 radical (unpaired) electrons. The van der Waals surface area contributed by atoms with Crippen molar-refractivity contribution in [2.45, 2.75) is 26.7 Å². The zero-order valence-electron chi connectivity index (χ0n) is 10.8. The Balaban J connectivity index is 2.51. The summed E-state index contributed by atoms with van der Waals surface area (Å²) in [6.07, 6.45) is 2.19. The molecule has 3 heteroatoms. The van der Waals surface area contributed by atoms with Crippen LogP contribution in [0.1, 0.15) is 37.0 Å². The van der Waals surface area contributed by atoms with Crippen LogP contribution in [0.2, 0.25) is 0 Å². The molecule has 0 aromatic heterocycles. The van der Waals surface area contributed by atoms with Crippen molar-refractivity contribution in [3.63, 3.8) is 0 Å². The van der Waals surface area contributed by atoms with Crippen LogP contribution in [0.5, 0.6) is 5.75 Å². The van der Waals surface area contributed by atoms with Crippen LogP contribution in [0.3, 0.4) is 0 Å². The predicted octanol–water partition coefficient (Wildman–Crippen LogP) is 2.86. The molecule has 1 N–H and O–H groups in total.